The smallest absolute Gasteiger partial charge is 0.311 e. The second kappa shape index (κ2) is 13.6. The average Bonchev–Trinajstić information content (AvgIpc) is 2.48. The molecule has 0 rings (SSSR count). The number of ether oxygens (including phenoxy) is 1. The normalized spacial score (nSPS) is 15.8. The fourth-order valence-corrected chi connectivity index (χ4v) is 2.41. The van der Waals surface area contributed by atoms with Crippen molar-refractivity contribution >= 4 is 5.97 Å². The van der Waals surface area contributed by atoms with E-state index >= 15 is 0 Å². The lowest BCUT2D eigenvalue weighted by molar-refractivity contribution is -0.190. The Morgan fingerprint density at radius 3 is 2.17 bits per heavy atom. The zero-order chi connectivity index (χ0) is 17.7. The molecule has 136 valence electrons. The molecule has 0 heterocycles. The second-order valence-corrected chi connectivity index (χ2v) is 6.67. The molecule has 0 aromatic heterocycles. The molecule has 0 aromatic rings. The largest absolute Gasteiger partial charge is 0.433 e. The predicted molar refractivity (Wildman–Crippen MR) is 93.9 cm³/mol. The Balaban J connectivity index is 4.03. The highest BCUT2D eigenvalue weighted by Gasteiger charge is 2.26. The van der Waals surface area contributed by atoms with Crippen LogP contribution in [0.5, 0.6) is 0 Å². The first-order valence-corrected chi connectivity index (χ1v) is 9.11. The molecule has 0 amide bonds. The van der Waals surface area contributed by atoms with Crippen LogP contribution < -0.4 is 0 Å². The van der Waals surface area contributed by atoms with E-state index in [0.29, 0.717) is 6.42 Å². The van der Waals surface area contributed by atoms with Gasteiger partial charge < -0.3 is 14.9 Å². The second-order valence-electron chi connectivity index (χ2n) is 6.67. The highest BCUT2D eigenvalue weighted by atomic mass is 16.6. The van der Waals surface area contributed by atoms with E-state index in [1.54, 1.807) is 0 Å². The molecule has 4 nitrogen and oxygen atoms in total. The fourth-order valence-electron chi connectivity index (χ4n) is 2.41. The van der Waals surface area contributed by atoms with Crippen LogP contribution in [0.15, 0.2) is 12.2 Å². The maximum atomic E-state index is 12.0. The Labute approximate surface area is 141 Å². The predicted octanol–water partition coefficient (Wildman–Crippen LogP) is 4.20. The van der Waals surface area contributed by atoms with Crippen LogP contribution in [0.4, 0.5) is 0 Å². The van der Waals surface area contributed by atoms with Crippen LogP contribution in [0, 0.1) is 11.8 Å². The lowest BCUT2D eigenvalue weighted by atomic mass is 9.91. The number of rotatable bonds is 13. The van der Waals surface area contributed by atoms with E-state index in [9.17, 15) is 15.0 Å². The molecule has 0 radical (unpaired) electrons. The van der Waals surface area contributed by atoms with Crippen molar-refractivity contribution in [3.05, 3.63) is 12.2 Å². The standard InChI is InChI=1S/C19H36O4/c1-5-6-7-8-9-10-11-12-13-14-17(15(2)3)19(22)23-18(21)16(4)20/h11-12,15-18,20-21H,5-10,13-14H2,1-4H3/b12-11+. The van der Waals surface area contributed by atoms with Gasteiger partial charge in [0.25, 0.3) is 0 Å². The van der Waals surface area contributed by atoms with Crippen molar-refractivity contribution < 1.29 is 19.7 Å². The van der Waals surface area contributed by atoms with Crippen LogP contribution in [0.2, 0.25) is 0 Å². The summed E-state index contributed by atoms with van der Waals surface area (Å²) in [5.41, 5.74) is 0. The number of unbranched alkanes of at least 4 members (excludes halogenated alkanes) is 5. The van der Waals surface area contributed by atoms with Gasteiger partial charge in [-0.3, -0.25) is 4.79 Å². The highest BCUT2D eigenvalue weighted by Crippen LogP contribution is 2.20. The van der Waals surface area contributed by atoms with Crippen molar-refractivity contribution in [2.45, 2.75) is 91.5 Å². The molecule has 0 aromatic carbocycles. The van der Waals surface area contributed by atoms with Crippen LogP contribution in [0.3, 0.4) is 0 Å². The van der Waals surface area contributed by atoms with Crippen molar-refractivity contribution in [2.24, 2.45) is 11.8 Å². The molecule has 4 heteroatoms. The summed E-state index contributed by atoms with van der Waals surface area (Å²) in [5, 5.41) is 18.7. The summed E-state index contributed by atoms with van der Waals surface area (Å²) in [6.45, 7) is 7.55. The number of allylic oxidation sites excluding steroid dienone is 2. The minimum absolute atomic E-state index is 0.145. The van der Waals surface area contributed by atoms with E-state index in [-0.39, 0.29) is 11.8 Å². The maximum absolute atomic E-state index is 12.0. The lowest BCUT2D eigenvalue weighted by Gasteiger charge is -2.22. The molecule has 2 N–H and O–H groups in total. The first-order chi connectivity index (χ1) is 10.9. The SMILES string of the molecule is CCCCCCC/C=C/CCC(C(=O)OC(O)C(C)O)C(C)C. The van der Waals surface area contributed by atoms with Crippen LogP contribution in [-0.4, -0.2) is 28.6 Å². The van der Waals surface area contributed by atoms with Crippen LogP contribution in [-0.2, 0) is 9.53 Å². The molecule has 0 aliphatic heterocycles. The van der Waals surface area contributed by atoms with E-state index in [0.717, 1.165) is 12.8 Å². The molecule has 0 bridgehead atoms. The summed E-state index contributed by atoms with van der Waals surface area (Å²) < 4.78 is 4.91. The Kier molecular flexibility index (Phi) is 13.0. The summed E-state index contributed by atoms with van der Waals surface area (Å²) in [7, 11) is 0. The summed E-state index contributed by atoms with van der Waals surface area (Å²) in [6, 6.07) is 0. The van der Waals surface area contributed by atoms with Gasteiger partial charge in [-0.25, -0.2) is 0 Å². The van der Waals surface area contributed by atoms with Crippen molar-refractivity contribution in [3.63, 3.8) is 0 Å². The average molecular weight is 328 g/mol. The monoisotopic (exact) mass is 328 g/mol. The summed E-state index contributed by atoms with van der Waals surface area (Å²) in [5.74, 6) is -0.537. The number of aliphatic hydroxyl groups is 2. The van der Waals surface area contributed by atoms with Gasteiger partial charge in [0.05, 0.1) is 5.92 Å². The maximum Gasteiger partial charge on any atom is 0.311 e. The van der Waals surface area contributed by atoms with Crippen molar-refractivity contribution in [3.8, 4) is 0 Å². The Morgan fingerprint density at radius 1 is 1.00 bits per heavy atom. The summed E-state index contributed by atoms with van der Waals surface area (Å²) in [6.07, 6.45) is 10.9. The number of esters is 1. The summed E-state index contributed by atoms with van der Waals surface area (Å²) in [4.78, 5) is 12.0. The molecule has 3 unspecified atom stereocenters. The van der Waals surface area contributed by atoms with E-state index in [1.165, 1.54) is 39.0 Å². The van der Waals surface area contributed by atoms with Gasteiger partial charge >= 0.3 is 5.97 Å². The Morgan fingerprint density at radius 2 is 1.61 bits per heavy atom. The quantitative estimate of drug-likeness (QED) is 0.230. The molecule has 0 saturated carbocycles. The molecule has 0 aliphatic rings. The van der Waals surface area contributed by atoms with Gasteiger partial charge in [-0.15, -0.1) is 0 Å². The van der Waals surface area contributed by atoms with Crippen molar-refractivity contribution in [2.75, 3.05) is 0 Å². The van der Waals surface area contributed by atoms with Crippen LogP contribution >= 0.6 is 0 Å². The van der Waals surface area contributed by atoms with Gasteiger partial charge in [0.2, 0.25) is 6.29 Å². The summed E-state index contributed by atoms with van der Waals surface area (Å²) >= 11 is 0. The molecule has 0 saturated heterocycles. The van der Waals surface area contributed by atoms with Gasteiger partial charge in [-0.05, 0) is 38.5 Å². The van der Waals surface area contributed by atoms with Crippen molar-refractivity contribution in [1.82, 2.24) is 0 Å². The Hall–Kier alpha value is -0.870. The molecule has 0 aliphatic carbocycles. The van der Waals surface area contributed by atoms with E-state index in [4.69, 9.17) is 4.74 Å². The fraction of sp³-hybridized carbons (Fsp3) is 0.842. The first kappa shape index (κ1) is 22.1. The number of hydrogen-bond acceptors (Lipinski definition) is 4. The third-order valence-corrected chi connectivity index (χ3v) is 4.04. The third kappa shape index (κ3) is 11.3. The minimum Gasteiger partial charge on any atom is -0.433 e. The van der Waals surface area contributed by atoms with Gasteiger partial charge in [0.15, 0.2) is 0 Å². The number of carbonyl (C=O) groups is 1. The van der Waals surface area contributed by atoms with Gasteiger partial charge in [0, 0.05) is 0 Å². The number of hydrogen-bond donors (Lipinski definition) is 2. The topological polar surface area (TPSA) is 66.8 Å². The molecule has 23 heavy (non-hydrogen) atoms. The van der Waals surface area contributed by atoms with E-state index in [1.807, 2.05) is 13.8 Å². The zero-order valence-corrected chi connectivity index (χ0v) is 15.3. The number of carbonyl (C=O) groups excluding carboxylic acids is 1. The molecule has 3 atom stereocenters. The molecule has 0 fully saturated rings. The zero-order valence-electron chi connectivity index (χ0n) is 15.3. The third-order valence-electron chi connectivity index (χ3n) is 4.04. The van der Waals surface area contributed by atoms with Crippen molar-refractivity contribution in [1.29, 1.82) is 0 Å². The van der Waals surface area contributed by atoms with Gasteiger partial charge in [0.1, 0.15) is 6.10 Å². The van der Waals surface area contributed by atoms with E-state index < -0.39 is 18.4 Å². The van der Waals surface area contributed by atoms with Crippen LogP contribution in [0.1, 0.15) is 79.1 Å². The number of aliphatic hydroxyl groups excluding tert-OH is 2. The molecular formula is C19H36O4. The molecular weight excluding hydrogens is 292 g/mol. The highest BCUT2D eigenvalue weighted by molar-refractivity contribution is 5.72. The first-order valence-electron chi connectivity index (χ1n) is 9.11. The lowest BCUT2D eigenvalue weighted by Crippen LogP contribution is -2.33. The van der Waals surface area contributed by atoms with Gasteiger partial charge in [-0.1, -0.05) is 58.6 Å². The molecule has 0 spiro atoms. The van der Waals surface area contributed by atoms with Crippen LogP contribution in [0.25, 0.3) is 0 Å². The van der Waals surface area contributed by atoms with E-state index in [2.05, 4.69) is 19.1 Å². The minimum atomic E-state index is -1.44. The Bertz CT molecular complexity index is 323. The van der Waals surface area contributed by atoms with Gasteiger partial charge in [-0.2, -0.15) is 0 Å².